The van der Waals surface area contributed by atoms with E-state index in [-0.39, 0.29) is 11.7 Å². The van der Waals surface area contributed by atoms with Gasteiger partial charge in [0.05, 0.1) is 5.56 Å². The number of amides is 1. The van der Waals surface area contributed by atoms with Crippen molar-refractivity contribution >= 4 is 17.5 Å². The Hall–Kier alpha value is -2.70. The Bertz CT molecular complexity index is 766. The van der Waals surface area contributed by atoms with Crippen LogP contribution in [0.25, 0.3) is 0 Å². The molecule has 1 saturated carbocycles. The first kappa shape index (κ1) is 17.7. The van der Waals surface area contributed by atoms with Crippen LogP contribution >= 0.6 is 0 Å². The standard InChI is InChI=1S/C20H24FN5O/c21-16-5-7-18(8-6-16)25-9-11-26(12-10-25)19(27)15-13-22-20(23-14-15)24-17-3-1-2-4-17/h5-8,13-14,17H,1-4,9-12H2,(H,22,23,24). The number of hydrogen-bond acceptors (Lipinski definition) is 5. The van der Waals surface area contributed by atoms with E-state index in [0.717, 1.165) is 31.6 Å². The third-order valence-corrected chi connectivity index (χ3v) is 5.35. The summed E-state index contributed by atoms with van der Waals surface area (Å²) >= 11 is 0. The fourth-order valence-corrected chi connectivity index (χ4v) is 3.77. The number of carbonyl (C=O) groups is 1. The van der Waals surface area contributed by atoms with Crippen molar-refractivity contribution in [3.63, 3.8) is 0 Å². The van der Waals surface area contributed by atoms with Crippen molar-refractivity contribution < 1.29 is 9.18 Å². The van der Waals surface area contributed by atoms with Gasteiger partial charge in [0.2, 0.25) is 5.95 Å². The van der Waals surface area contributed by atoms with E-state index in [0.29, 0.717) is 30.6 Å². The van der Waals surface area contributed by atoms with Gasteiger partial charge in [-0.1, -0.05) is 12.8 Å². The van der Waals surface area contributed by atoms with Crippen molar-refractivity contribution in [2.75, 3.05) is 36.4 Å². The summed E-state index contributed by atoms with van der Waals surface area (Å²) in [6, 6.07) is 6.93. The van der Waals surface area contributed by atoms with Crippen molar-refractivity contribution in [2.45, 2.75) is 31.7 Å². The summed E-state index contributed by atoms with van der Waals surface area (Å²) < 4.78 is 13.1. The molecule has 1 aliphatic heterocycles. The van der Waals surface area contributed by atoms with Crippen LogP contribution in [0.15, 0.2) is 36.7 Å². The summed E-state index contributed by atoms with van der Waals surface area (Å²) in [6.45, 7) is 2.69. The number of piperazine rings is 1. The molecule has 1 N–H and O–H groups in total. The molecule has 0 bridgehead atoms. The number of nitrogens with one attached hydrogen (secondary N) is 1. The van der Waals surface area contributed by atoms with Gasteiger partial charge in [0.25, 0.3) is 5.91 Å². The lowest BCUT2D eigenvalue weighted by Crippen LogP contribution is -2.48. The molecule has 6 nitrogen and oxygen atoms in total. The van der Waals surface area contributed by atoms with Gasteiger partial charge in [-0.2, -0.15) is 0 Å². The van der Waals surface area contributed by atoms with Gasteiger partial charge >= 0.3 is 0 Å². The number of benzene rings is 1. The SMILES string of the molecule is O=C(c1cnc(NC2CCCC2)nc1)N1CCN(c2ccc(F)cc2)CC1. The van der Waals surface area contributed by atoms with Crippen molar-refractivity contribution in [3.8, 4) is 0 Å². The summed E-state index contributed by atoms with van der Waals surface area (Å²) in [5, 5.41) is 3.33. The van der Waals surface area contributed by atoms with Crippen LogP contribution < -0.4 is 10.2 Å². The van der Waals surface area contributed by atoms with E-state index in [4.69, 9.17) is 0 Å². The van der Waals surface area contributed by atoms with Crippen LogP contribution in [0, 0.1) is 5.82 Å². The Balaban J connectivity index is 1.32. The van der Waals surface area contributed by atoms with Crippen LogP contribution in [0.2, 0.25) is 0 Å². The van der Waals surface area contributed by atoms with Crippen LogP contribution in [0.3, 0.4) is 0 Å². The van der Waals surface area contributed by atoms with E-state index in [2.05, 4.69) is 20.2 Å². The van der Waals surface area contributed by atoms with Crippen molar-refractivity contribution in [3.05, 3.63) is 48.0 Å². The lowest BCUT2D eigenvalue weighted by Gasteiger charge is -2.36. The molecule has 4 rings (SSSR count). The minimum Gasteiger partial charge on any atom is -0.368 e. The number of nitrogens with zero attached hydrogens (tertiary/aromatic N) is 4. The molecular formula is C20H24FN5O. The summed E-state index contributed by atoms with van der Waals surface area (Å²) in [5.74, 6) is 0.319. The van der Waals surface area contributed by atoms with Crippen LogP contribution in [0.4, 0.5) is 16.0 Å². The maximum atomic E-state index is 13.1. The summed E-state index contributed by atoms with van der Waals surface area (Å²) in [7, 11) is 0. The van der Waals surface area contributed by atoms with Crippen molar-refractivity contribution in [1.29, 1.82) is 0 Å². The minimum absolute atomic E-state index is 0.0406. The van der Waals surface area contributed by atoms with E-state index in [1.807, 2.05) is 4.90 Å². The molecule has 1 aromatic carbocycles. The maximum Gasteiger partial charge on any atom is 0.257 e. The molecule has 2 aromatic rings. The lowest BCUT2D eigenvalue weighted by molar-refractivity contribution is 0.0746. The third kappa shape index (κ3) is 4.18. The van der Waals surface area contributed by atoms with Crippen LogP contribution in [-0.2, 0) is 0 Å². The average molecular weight is 369 g/mol. The highest BCUT2D eigenvalue weighted by atomic mass is 19.1. The Labute approximate surface area is 158 Å². The number of rotatable bonds is 4. The zero-order valence-corrected chi connectivity index (χ0v) is 15.3. The predicted octanol–water partition coefficient (Wildman–Crippen LogP) is 2.93. The first-order chi connectivity index (χ1) is 13.2. The molecular weight excluding hydrogens is 345 g/mol. The monoisotopic (exact) mass is 369 g/mol. The van der Waals surface area contributed by atoms with E-state index in [1.54, 1.807) is 24.5 Å². The van der Waals surface area contributed by atoms with Gasteiger partial charge in [-0.15, -0.1) is 0 Å². The summed E-state index contributed by atoms with van der Waals surface area (Å²) in [5.41, 5.74) is 1.50. The topological polar surface area (TPSA) is 61.4 Å². The number of aromatic nitrogens is 2. The second-order valence-corrected chi connectivity index (χ2v) is 7.18. The molecule has 27 heavy (non-hydrogen) atoms. The van der Waals surface area contributed by atoms with E-state index in [9.17, 15) is 9.18 Å². The Morgan fingerprint density at radius 1 is 1.00 bits per heavy atom. The first-order valence-corrected chi connectivity index (χ1v) is 9.57. The fourth-order valence-electron chi connectivity index (χ4n) is 3.77. The highest BCUT2D eigenvalue weighted by molar-refractivity contribution is 5.93. The Morgan fingerprint density at radius 2 is 1.63 bits per heavy atom. The highest BCUT2D eigenvalue weighted by Gasteiger charge is 2.23. The van der Waals surface area contributed by atoms with Gasteiger partial charge in [-0.3, -0.25) is 4.79 Å². The smallest absolute Gasteiger partial charge is 0.257 e. The quantitative estimate of drug-likeness (QED) is 0.898. The van der Waals surface area contributed by atoms with Crippen LogP contribution in [0.5, 0.6) is 0 Å². The fraction of sp³-hybridized carbons (Fsp3) is 0.450. The second kappa shape index (κ2) is 7.90. The molecule has 1 aromatic heterocycles. The Kier molecular flexibility index (Phi) is 5.18. The average Bonchev–Trinajstić information content (AvgIpc) is 3.22. The van der Waals surface area contributed by atoms with E-state index >= 15 is 0 Å². The maximum absolute atomic E-state index is 13.1. The molecule has 0 atom stereocenters. The molecule has 1 aliphatic carbocycles. The lowest BCUT2D eigenvalue weighted by atomic mass is 10.2. The molecule has 142 valence electrons. The molecule has 2 aliphatic rings. The molecule has 7 heteroatoms. The molecule has 2 heterocycles. The van der Waals surface area contributed by atoms with Gasteiger partial charge in [0, 0.05) is 50.3 Å². The predicted molar refractivity (Wildman–Crippen MR) is 102 cm³/mol. The zero-order valence-electron chi connectivity index (χ0n) is 15.3. The largest absolute Gasteiger partial charge is 0.368 e. The Morgan fingerprint density at radius 3 is 2.26 bits per heavy atom. The number of hydrogen-bond donors (Lipinski definition) is 1. The molecule has 1 amide bonds. The first-order valence-electron chi connectivity index (χ1n) is 9.57. The highest BCUT2D eigenvalue weighted by Crippen LogP contribution is 2.21. The third-order valence-electron chi connectivity index (χ3n) is 5.35. The van der Waals surface area contributed by atoms with Gasteiger partial charge in [-0.25, -0.2) is 14.4 Å². The van der Waals surface area contributed by atoms with Crippen LogP contribution in [0.1, 0.15) is 36.0 Å². The van der Waals surface area contributed by atoms with E-state index in [1.165, 1.54) is 25.0 Å². The van der Waals surface area contributed by atoms with Crippen LogP contribution in [-0.4, -0.2) is 53.0 Å². The summed E-state index contributed by atoms with van der Waals surface area (Å²) in [4.78, 5) is 25.3. The molecule has 0 spiro atoms. The number of carbonyl (C=O) groups excluding carboxylic acids is 1. The van der Waals surface area contributed by atoms with Gasteiger partial charge in [-0.05, 0) is 37.1 Å². The van der Waals surface area contributed by atoms with Crippen molar-refractivity contribution in [2.24, 2.45) is 0 Å². The van der Waals surface area contributed by atoms with Crippen molar-refractivity contribution in [1.82, 2.24) is 14.9 Å². The number of anilines is 2. The van der Waals surface area contributed by atoms with Gasteiger partial charge < -0.3 is 15.1 Å². The van der Waals surface area contributed by atoms with Gasteiger partial charge in [0.15, 0.2) is 0 Å². The van der Waals surface area contributed by atoms with Gasteiger partial charge in [0.1, 0.15) is 5.82 Å². The molecule has 0 radical (unpaired) electrons. The minimum atomic E-state index is -0.238. The normalized spacial score (nSPS) is 18.0. The molecule has 1 saturated heterocycles. The second-order valence-electron chi connectivity index (χ2n) is 7.18. The zero-order chi connectivity index (χ0) is 18.6. The summed E-state index contributed by atoms with van der Waals surface area (Å²) in [6.07, 6.45) is 8.03. The number of halogens is 1. The molecule has 0 unspecified atom stereocenters. The molecule has 2 fully saturated rings. The van der Waals surface area contributed by atoms with E-state index < -0.39 is 0 Å².